The van der Waals surface area contributed by atoms with Crippen LogP contribution in [0.5, 0.6) is 5.75 Å². The Hall–Kier alpha value is -2.47. The zero-order valence-electron chi connectivity index (χ0n) is 16.4. The first-order chi connectivity index (χ1) is 12.5. The largest absolute Gasteiger partial charge is 0.497 e. The van der Waals surface area contributed by atoms with E-state index in [0.717, 1.165) is 30.6 Å². The van der Waals surface area contributed by atoms with Gasteiger partial charge in [0, 0.05) is 20.1 Å². The molecular formula is C20H30N4O2. The summed E-state index contributed by atoms with van der Waals surface area (Å²) in [5.41, 5.74) is 1.20. The van der Waals surface area contributed by atoms with E-state index in [0.29, 0.717) is 6.54 Å². The summed E-state index contributed by atoms with van der Waals surface area (Å²) < 4.78 is 10.8. The van der Waals surface area contributed by atoms with Crippen LogP contribution in [0.25, 0.3) is 0 Å². The molecule has 1 atom stereocenters. The van der Waals surface area contributed by atoms with Crippen molar-refractivity contribution in [3.63, 3.8) is 0 Å². The molecule has 0 saturated carbocycles. The quantitative estimate of drug-likeness (QED) is 0.581. The fourth-order valence-electron chi connectivity index (χ4n) is 2.71. The van der Waals surface area contributed by atoms with Crippen molar-refractivity contribution in [2.24, 2.45) is 4.99 Å². The summed E-state index contributed by atoms with van der Waals surface area (Å²) >= 11 is 0. The summed E-state index contributed by atoms with van der Waals surface area (Å²) in [7, 11) is 7.80. The molecule has 0 fully saturated rings. The van der Waals surface area contributed by atoms with Crippen LogP contribution in [0.4, 0.5) is 0 Å². The molecule has 1 aromatic carbocycles. The zero-order valence-corrected chi connectivity index (χ0v) is 16.4. The second kappa shape index (κ2) is 9.87. The second-order valence-corrected chi connectivity index (χ2v) is 6.39. The summed E-state index contributed by atoms with van der Waals surface area (Å²) in [6.07, 6.45) is 1.70. The lowest BCUT2D eigenvalue weighted by Gasteiger charge is -2.25. The molecule has 0 aliphatic rings. The molecule has 1 N–H and O–H groups in total. The molecule has 2 rings (SSSR count). The minimum atomic E-state index is 0.105. The maximum atomic E-state index is 5.57. The number of nitrogens with zero attached hydrogens (tertiary/aromatic N) is 3. The van der Waals surface area contributed by atoms with Gasteiger partial charge in [0.25, 0.3) is 0 Å². The van der Waals surface area contributed by atoms with Crippen molar-refractivity contribution in [1.82, 2.24) is 15.1 Å². The monoisotopic (exact) mass is 358 g/mol. The van der Waals surface area contributed by atoms with Crippen LogP contribution in [-0.2, 0) is 6.54 Å². The van der Waals surface area contributed by atoms with Crippen LogP contribution in [0, 0.1) is 0 Å². The lowest BCUT2D eigenvalue weighted by Crippen LogP contribution is -2.39. The molecule has 1 heterocycles. The minimum absolute atomic E-state index is 0.105. The second-order valence-electron chi connectivity index (χ2n) is 6.39. The number of rotatable bonds is 8. The van der Waals surface area contributed by atoms with Crippen LogP contribution in [0.3, 0.4) is 0 Å². The Balaban J connectivity index is 2.08. The molecular weight excluding hydrogens is 328 g/mol. The molecule has 0 aliphatic heterocycles. The smallest absolute Gasteiger partial charge is 0.194 e. The molecule has 26 heavy (non-hydrogen) atoms. The van der Waals surface area contributed by atoms with Gasteiger partial charge in [0.15, 0.2) is 5.96 Å². The molecule has 0 radical (unpaired) electrons. The third-order valence-electron chi connectivity index (χ3n) is 4.18. The molecule has 0 bridgehead atoms. The predicted molar refractivity (Wildman–Crippen MR) is 106 cm³/mol. The average molecular weight is 358 g/mol. The molecule has 0 aliphatic carbocycles. The third-order valence-corrected chi connectivity index (χ3v) is 4.18. The van der Waals surface area contributed by atoms with Crippen LogP contribution in [0.15, 0.2) is 52.1 Å². The van der Waals surface area contributed by atoms with E-state index >= 15 is 0 Å². The van der Waals surface area contributed by atoms with Gasteiger partial charge in [0.1, 0.15) is 11.5 Å². The maximum absolute atomic E-state index is 5.57. The Labute approximate surface area is 156 Å². The van der Waals surface area contributed by atoms with Crippen molar-refractivity contribution in [2.75, 3.05) is 41.3 Å². The van der Waals surface area contributed by atoms with Crippen LogP contribution in [0.1, 0.15) is 24.3 Å². The molecule has 1 unspecified atom stereocenters. The number of hydrogen-bond donors (Lipinski definition) is 1. The van der Waals surface area contributed by atoms with E-state index in [9.17, 15) is 0 Å². The number of likely N-dealkylation sites (N-methyl/N-ethyl adjacent to an activating group) is 1. The summed E-state index contributed by atoms with van der Waals surface area (Å²) in [5.74, 6) is 2.67. The average Bonchev–Trinajstić information content (AvgIpc) is 3.15. The maximum Gasteiger partial charge on any atom is 0.194 e. The van der Waals surface area contributed by atoms with E-state index in [1.165, 1.54) is 5.56 Å². The van der Waals surface area contributed by atoms with Crippen molar-refractivity contribution in [3.05, 3.63) is 54.0 Å². The number of hydrogen-bond acceptors (Lipinski definition) is 4. The first kappa shape index (κ1) is 19.8. The van der Waals surface area contributed by atoms with Gasteiger partial charge in [-0.15, -0.1) is 0 Å². The molecule has 6 heteroatoms. The molecule has 0 spiro atoms. The lowest BCUT2D eigenvalue weighted by molar-refractivity contribution is 0.264. The Morgan fingerprint density at radius 3 is 2.46 bits per heavy atom. The van der Waals surface area contributed by atoms with Gasteiger partial charge in [-0.1, -0.05) is 12.1 Å². The Kier molecular flexibility index (Phi) is 7.53. The highest BCUT2D eigenvalue weighted by molar-refractivity contribution is 5.79. The van der Waals surface area contributed by atoms with E-state index in [4.69, 9.17) is 14.1 Å². The van der Waals surface area contributed by atoms with E-state index in [2.05, 4.69) is 34.2 Å². The van der Waals surface area contributed by atoms with Gasteiger partial charge in [0.2, 0.25) is 0 Å². The first-order valence-corrected chi connectivity index (χ1v) is 8.87. The van der Waals surface area contributed by atoms with Gasteiger partial charge < -0.3 is 19.4 Å². The van der Waals surface area contributed by atoms with Crippen LogP contribution in [0.2, 0.25) is 0 Å². The number of nitrogens with one attached hydrogen (secondary N) is 1. The van der Waals surface area contributed by atoms with Crippen molar-refractivity contribution < 1.29 is 9.15 Å². The van der Waals surface area contributed by atoms with E-state index < -0.39 is 0 Å². The Bertz CT molecular complexity index is 666. The number of aliphatic imine (C=N–C) groups is 1. The Morgan fingerprint density at radius 2 is 1.92 bits per heavy atom. The number of methoxy groups -OCH3 is 1. The summed E-state index contributed by atoms with van der Waals surface area (Å²) in [4.78, 5) is 9.07. The topological polar surface area (TPSA) is 53.2 Å². The highest BCUT2D eigenvalue weighted by Crippen LogP contribution is 2.19. The van der Waals surface area contributed by atoms with Gasteiger partial charge in [-0.3, -0.25) is 9.89 Å². The fraction of sp³-hybridized carbons (Fsp3) is 0.450. The molecule has 142 valence electrons. The number of benzene rings is 1. The zero-order chi connectivity index (χ0) is 18.9. The van der Waals surface area contributed by atoms with Gasteiger partial charge in [-0.05, 0) is 50.8 Å². The predicted octanol–water partition coefficient (Wildman–Crippen LogP) is 2.99. The normalized spacial score (nSPS) is 12.9. The highest BCUT2D eigenvalue weighted by atomic mass is 16.5. The number of guanidine groups is 1. The van der Waals surface area contributed by atoms with Crippen molar-refractivity contribution >= 4 is 5.96 Å². The third kappa shape index (κ3) is 5.52. The van der Waals surface area contributed by atoms with Gasteiger partial charge in [-0.25, -0.2) is 0 Å². The van der Waals surface area contributed by atoms with Crippen LogP contribution < -0.4 is 10.1 Å². The van der Waals surface area contributed by atoms with Crippen molar-refractivity contribution in [2.45, 2.75) is 19.5 Å². The molecule has 0 amide bonds. The molecule has 2 aromatic rings. The molecule has 6 nitrogen and oxygen atoms in total. The summed E-state index contributed by atoms with van der Waals surface area (Å²) in [5, 5.41) is 3.37. The van der Waals surface area contributed by atoms with Gasteiger partial charge >= 0.3 is 0 Å². The summed E-state index contributed by atoms with van der Waals surface area (Å²) in [6.45, 7) is 4.28. The van der Waals surface area contributed by atoms with E-state index in [-0.39, 0.29) is 6.04 Å². The summed E-state index contributed by atoms with van der Waals surface area (Å²) in [6, 6.07) is 12.1. The first-order valence-electron chi connectivity index (χ1n) is 8.87. The van der Waals surface area contributed by atoms with E-state index in [1.54, 1.807) is 13.4 Å². The standard InChI is InChI=1S/C20H30N4O2/c1-6-21-20(22-14-18(23(2)3)19-8-7-13-26-19)24(4)15-16-9-11-17(25-5)12-10-16/h7-13,18H,6,14-15H2,1-5H3,(H,21,22). The fourth-order valence-corrected chi connectivity index (χ4v) is 2.71. The molecule has 0 saturated heterocycles. The van der Waals surface area contributed by atoms with Crippen LogP contribution >= 0.6 is 0 Å². The highest BCUT2D eigenvalue weighted by Gasteiger charge is 2.17. The lowest BCUT2D eigenvalue weighted by atomic mass is 10.2. The SMILES string of the molecule is CCNC(=NCC(c1ccco1)N(C)C)N(C)Cc1ccc(OC)cc1. The Morgan fingerprint density at radius 1 is 1.19 bits per heavy atom. The van der Waals surface area contributed by atoms with Gasteiger partial charge in [0.05, 0.1) is 26.0 Å². The van der Waals surface area contributed by atoms with Crippen LogP contribution in [-0.4, -0.2) is 57.1 Å². The van der Waals surface area contributed by atoms with Crippen molar-refractivity contribution in [3.8, 4) is 5.75 Å². The molecule has 1 aromatic heterocycles. The number of furan rings is 1. The van der Waals surface area contributed by atoms with E-state index in [1.807, 2.05) is 45.4 Å². The van der Waals surface area contributed by atoms with Gasteiger partial charge in [-0.2, -0.15) is 0 Å². The number of ether oxygens (including phenoxy) is 1. The minimum Gasteiger partial charge on any atom is -0.497 e. The van der Waals surface area contributed by atoms with Crippen molar-refractivity contribution in [1.29, 1.82) is 0 Å².